The maximum Gasteiger partial charge on any atom is 0.268 e. The Labute approximate surface area is 98.4 Å². The molecule has 1 aliphatic carbocycles. The highest BCUT2D eigenvalue weighted by atomic mass is 19.3. The van der Waals surface area contributed by atoms with Gasteiger partial charge >= 0.3 is 0 Å². The second kappa shape index (κ2) is 5.06. The molecule has 1 unspecified atom stereocenters. The van der Waals surface area contributed by atoms with Gasteiger partial charge in [0.2, 0.25) is 0 Å². The number of hydrogen-bond acceptors (Lipinski definition) is 3. The average Bonchev–Trinajstić information content (AvgIpc) is 3.12. The van der Waals surface area contributed by atoms with E-state index in [1.807, 2.05) is 6.92 Å². The molecule has 1 aromatic heterocycles. The van der Waals surface area contributed by atoms with E-state index in [-0.39, 0.29) is 17.8 Å². The molecule has 0 aromatic carbocycles. The molecule has 17 heavy (non-hydrogen) atoms. The van der Waals surface area contributed by atoms with E-state index in [0.29, 0.717) is 5.69 Å². The maximum absolute atomic E-state index is 12.4. The Hall–Kier alpha value is -1.07. The summed E-state index contributed by atoms with van der Waals surface area (Å²) in [5, 5.41) is 9.28. The van der Waals surface area contributed by atoms with Crippen molar-refractivity contribution in [2.45, 2.75) is 44.5 Å². The van der Waals surface area contributed by atoms with Crippen LogP contribution in [0.2, 0.25) is 0 Å². The largest absolute Gasteiger partial charge is 0.382 e. The Morgan fingerprint density at radius 2 is 2.18 bits per heavy atom. The van der Waals surface area contributed by atoms with Gasteiger partial charge in [-0.1, -0.05) is 0 Å². The highest BCUT2D eigenvalue weighted by molar-refractivity contribution is 5.20. The van der Waals surface area contributed by atoms with Gasteiger partial charge in [-0.25, -0.2) is 8.78 Å². The zero-order valence-electron chi connectivity index (χ0n) is 9.51. The van der Waals surface area contributed by atoms with Crippen LogP contribution in [0.25, 0.3) is 0 Å². The van der Waals surface area contributed by atoms with Crippen molar-refractivity contribution in [2.24, 2.45) is 0 Å². The number of aliphatic hydroxyl groups is 1. The van der Waals surface area contributed by atoms with E-state index in [2.05, 4.69) is 4.98 Å². The monoisotopic (exact) mass is 243 g/mol. The Morgan fingerprint density at radius 3 is 2.76 bits per heavy atom. The molecular weight excluding hydrogens is 228 g/mol. The van der Waals surface area contributed by atoms with Crippen LogP contribution in [-0.2, 0) is 4.74 Å². The van der Waals surface area contributed by atoms with Crippen LogP contribution < -0.4 is 0 Å². The fourth-order valence-electron chi connectivity index (χ4n) is 1.58. The van der Waals surface area contributed by atoms with Crippen molar-refractivity contribution < 1.29 is 18.6 Å². The van der Waals surface area contributed by atoms with Crippen LogP contribution in [0, 0.1) is 0 Å². The third-order valence-electron chi connectivity index (χ3n) is 2.72. The first-order chi connectivity index (χ1) is 8.08. The van der Waals surface area contributed by atoms with Crippen LogP contribution in [0.4, 0.5) is 8.78 Å². The van der Waals surface area contributed by atoms with Crippen molar-refractivity contribution in [1.29, 1.82) is 0 Å². The van der Waals surface area contributed by atoms with Gasteiger partial charge in [0.1, 0.15) is 6.10 Å². The van der Waals surface area contributed by atoms with E-state index < -0.39 is 12.5 Å². The van der Waals surface area contributed by atoms with Crippen LogP contribution in [0.3, 0.4) is 0 Å². The minimum Gasteiger partial charge on any atom is -0.382 e. The Bertz CT molecular complexity index is 383. The van der Waals surface area contributed by atoms with E-state index in [0.717, 1.165) is 12.8 Å². The zero-order chi connectivity index (χ0) is 12.4. The normalized spacial score (nSPS) is 19.4. The maximum atomic E-state index is 12.4. The molecule has 2 atom stereocenters. The Balaban J connectivity index is 2.09. The predicted octanol–water partition coefficient (Wildman–Crippen LogP) is 2.62. The first-order valence-corrected chi connectivity index (χ1v) is 5.65. The van der Waals surface area contributed by atoms with Crippen LogP contribution in [0.15, 0.2) is 18.3 Å². The lowest BCUT2D eigenvalue weighted by Gasteiger charge is -2.15. The summed E-state index contributed by atoms with van der Waals surface area (Å²) < 4.78 is 30.3. The summed E-state index contributed by atoms with van der Waals surface area (Å²) in [5.41, 5.74) is 0.755. The zero-order valence-corrected chi connectivity index (χ0v) is 9.51. The average molecular weight is 243 g/mol. The van der Waals surface area contributed by atoms with E-state index in [4.69, 9.17) is 4.74 Å². The number of alkyl halides is 2. The van der Waals surface area contributed by atoms with Gasteiger partial charge in [0.15, 0.2) is 0 Å². The standard InChI is InChI=1S/C12H15F2NO2/c1-7(17-9-2-3-9)10-6-8(4-5-15-10)11(16)12(13)14/h4-7,9,11-12,16H,2-3H2,1H3/t7?,11-/m0/s1. The second-order valence-electron chi connectivity index (χ2n) is 4.27. The van der Waals surface area contributed by atoms with Gasteiger partial charge in [0.25, 0.3) is 6.43 Å². The van der Waals surface area contributed by atoms with Gasteiger partial charge in [0.05, 0.1) is 17.9 Å². The van der Waals surface area contributed by atoms with Crippen molar-refractivity contribution in [3.63, 3.8) is 0 Å². The number of rotatable bonds is 5. The number of pyridine rings is 1. The molecule has 1 fully saturated rings. The number of ether oxygens (including phenoxy) is 1. The van der Waals surface area contributed by atoms with Crippen LogP contribution in [-0.4, -0.2) is 22.6 Å². The molecule has 0 amide bonds. The van der Waals surface area contributed by atoms with Crippen molar-refractivity contribution >= 4 is 0 Å². The van der Waals surface area contributed by atoms with Gasteiger partial charge in [-0.2, -0.15) is 0 Å². The molecule has 1 heterocycles. The lowest BCUT2D eigenvalue weighted by molar-refractivity contribution is -0.00619. The fourth-order valence-corrected chi connectivity index (χ4v) is 1.58. The molecule has 5 heteroatoms. The summed E-state index contributed by atoms with van der Waals surface area (Å²) in [6.07, 6.45) is -0.992. The molecule has 0 saturated heterocycles. The van der Waals surface area contributed by atoms with Crippen LogP contribution in [0.5, 0.6) is 0 Å². The topological polar surface area (TPSA) is 42.4 Å². The Kier molecular flexibility index (Phi) is 3.69. The lowest BCUT2D eigenvalue weighted by atomic mass is 10.1. The number of hydrogen-bond donors (Lipinski definition) is 1. The third-order valence-corrected chi connectivity index (χ3v) is 2.72. The molecule has 0 spiro atoms. The first kappa shape index (κ1) is 12.4. The molecule has 1 aromatic rings. The molecule has 1 saturated carbocycles. The summed E-state index contributed by atoms with van der Waals surface area (Å²) in [5.74, 6) is 0. The lowest BCUT2D eigenvalue weighted by Crippen LogP contribution is -2.10. The minimum absolute atomic E-state index is 0.177. The van der Waals surface area contributed by atoms with Crippen molar-refractivity contribution in [1.82, 2.24) is 4.98 Å². The number of halogens is 2. The minimum atomic E-state index is -2.79. The van der Waals surface area contributed by atoms with E-state index in [9.17, 15) is 13.9 Å². The van der Waals surface area contributed by atoms with Crippen LogP contribution >= 0.6 is 0 Å². The molecule has 0 bridgehead atoms. The van der Waals surface area contributed by atoms with Crippen molar-refractivity contribution in [3.8, 4) is 0 Å². The Morgan fingerprint density at radius 1 is 1.47 bits per heavy atom. The number of aromatic nitrogens is 1. The molecule has 1 aliphatic rings. The number of aliphatic hydroxyl groups excluding tert-OH is 1. The highest BCUT2D eigenvalue weighted by Gasteiger charge is 2.26. The van der Waals surface area contributed by atoms with Crippen molar-refractivity contribution in [3.05, 3.63) is 29.6 Å². The predicted molar refractivity (Wildman–Crippen MR) is 57.7 cm³/mol. The SMILES string of the molecule is CC(OC1CC1)c1cc([C@H](O)C(F)F)ccn1. The fraction of sp³-hybridized carbons (Fsp3) is 0.583. The molecule has 0 aliphatic heterocycles. The van der Waals surface area contributed by atoms with Gasteiger partial charge in [-0.05, 0) is 37.5 Å². The van der Waals surface area contributed by atoms with Crippen molar-refractivity contribution in [2.75, 3.05) is 0 Å². The second-order valence-corrected chi connectivity index (χ2v) is 4.27. The molecule has 2 rings (SSSR count). The third kappa shape index (κ3) is 3.20. The highest BCUT2D eigenvalue weighted by Crippen LogP contribution is 2.30. The van der Waals surface area contributed by atoms with Gasteiger partial charge < -0.3 is 9.84 Å². The van der Waals surface area contributed by atoms with E-state index in [1.54, 1.807) is 0 Å². The van der Waals surface area contributed by atoms with Gasteiger partial charge in [0, 0.05) is 6.20 Å². The molecular formula is C12H15F2NO2. The summed E-state index contributed by atoms with van der Waals surface area (Å²) in [6, 6.07) is 2.87. The first-order valence-electron chi connectivity index (χ1n) is 5.65. The van der Waals surface area contributed by atoms with E-state index >= 15 is 0 Å². The quantitative estimate of drug-likeness (QED) is 0.864. The number of nitrogens with zero attached hydrogens (tertiary/aromatic N) is 1. The van der Waals surface area contributed by atoms with Crippen LogP contribution in [0.1, 0.15) is 43.2 Å². The molecule has 1 N–H and O–H groups in total. The molecule has 3 nitrogen and oxygen atoms in total. The summed E-state index contributed by atoms with van der Waals surface area (Å²) in [4.78, 5) is 4.08. The van der Waals surface area contributed by atoms with Gasteiger partial charge in [-0.3, -0.25) is 4.98 Å². The molecule has 0 radical (unpaired) electrons. The summed E-state index contributed by atoms with van der Waals surface area (Å²) in [6.45, 7) is 1.83. The smallest absolute Gasteiger partial charge is 0.268 e. The van der Waals surface area contributed by atoms with E-state index in [1.165, 1.54) is 18.3 Å². The molecule has 94 valence electrons. The van der Waals surface area contributed by atoms with Gasteiger partial charge in [-0.15, -0.1) is 0 Å². The summed E-state index contributed by atoms with van der Waals surface area (Å²) in [7, 11) is 0. The summed E-state index contributed by atoms with van der Waals surface area (Å²) >= 11 is 0.